The molecule has 1 N–H and O–H groups in total. The molecule has 0 radical (unpaired) electrons. The van der Waals surface area contributed by atoms with Crippen LogP contribution in [0.15, 0.2) is 53.7 Å². The van der Waals surface area contributed by atoms with Crippen LogP contribution in [0.4, 0.5) is 0 Å². The molecule has 3 rings (SSSR count). The Kier molecular flexibility index (Phi) is 6.19. The molecule has 0 unspecified atom stereocenters. The molecule has 0 fully saturated rings. The Balaban J connectivity index is 1.61. The Morgan fingerprint density at radius 1 is 1.21 bits per heavy atom. The van der Waals surface area contributed by atoms with Crippen LogP contribution < -0.4 is 10.1 Å². The van der Waals surface area contributed by atoms with Crippen molar-refractivity contribution in [2.75, 3.05) is 27.2 Å². The summed E-state index contributed by atoms with van der Waals surface area (Å²) in [5, 5.41) is 2.83. The van der Waals surface area contributed by atoms with Crippen molar-refractivity contribution in [3.63, 3.8) is 0 Å². The number of sulfonamides is 1. The Morgan fingerprint density at radius 2 is 1.93 bits per heavy atom. The van der Waals surface area contributed by atoms with Gasteiger partial charge in [0.25, 0.3) is 5.91 Å². The highest BCUT2D eigenvalue weighted by Crippen LogP contribution is 2.19. The van der Waals surface area contributed by atoms with Crippen LogP contribution in [0.25, 0.3) is 5.65 Å². The number of carbonyl (C=O) groups is 1. The number of pyridine rings is 1. The zero-order chi connectivity index (χ0) is 21.0. The summed E-state index contributed by atoms with van der Waals surface area (Å²) in [6, 6.07) is 9.64. The molecule has 1 amide bonds. The molecule has 1 aromatic carbocycles. The third-order valence-electron chi connectivity index (χ3n) is 4.36. The lowest BCUT2D eigenvalue weighted by Gasteiger charge is -2.11. The normalized spacial score (nSPS) is 11.7. The minimum atomic E-state index is -3.51. The van der Waals surface area contributed by atoms with E-state index in [4.69, 9.17) is 4.74 Å². The van der Waals surface area contributed by atoms with Gasteiger partial charge in [-0.1, -0.05) is 0 Å². The Bertz CT molecular complexity index is 1110. The number of nitrogens with one attached hydrogen (secondary N) is 1. The highest BCUT2D eigenvalue weighted by atomic mass is 32.2. The maximum Gasteiger partial charge on any atom is 0.251 e. The molecule has 29 heavy (non-hydrogen) atoms. The number of aromatic nitrogens is 2. The van der Waals surface area contributed by atoms with Crippen molar-refractivity contribution in [1.82, 2.24) is 19.0 Å². The molecule has 0 spiro atoms. The quantitative estimate of drug-likeness (QED) is 0.606. The summed E-state index contributed by atoms with van der Waals surface area (Å²) in [5.41, 5.74) is 1.98. The first-order chi connectivity index (χ1) is 13.8. The second kappa shape index (κ2) is 8.62. The fraction of sp³-hybridized carbons (Fsp3) is 0.300. The second-order valence-corrected chi connectivity index (χ2v) is 8.74. The third kappa shape index (κ3) is 4.57. The molecule has 0 saturated heterocycles. The third-order valence-corrected chi connectivity index (χ3v) is 6.19. The lowest BCUT2D eigenvalue weighted by molar-refractivity contribution is 0.0954. The number of rotatable bonds is 8. The first-order valence-electron chi connectivity index (χ1n) is 9.23. The highest BCUT2D eigenvalue weighted by molar-refractivity contribution is 7.89. The van der Waals surface area contributed by atoms with Crippen LogP contribution in [0.1, 0.15) is 23.0 Å². The van der Waals surface area contributed by atoms with Crippen molar-refractivity contribution < 1.29 is 17.9 Å². The van der Waals surface area contributed by atoms with Crippen molar-refractivity contribution >= 4 is 21.6 Å². The van der Waals surface area contributed by atoms with Gasteiger partial charge in [-0.2, -0.15) is 0 Å². The number of fused-ring (bicyclic) bond motifs is 1. The number of imidazole rings is 1. The van der Waals surface area contributed by atoms with E-state index in [9.17, 15) is 13.2 Å². The highest BCUT2D eigenvalue weighted by Gasteiger charge is 2.17. The van der Waals surface area contributed by atoms with E-state index in [-0.39, 0.29) is 10.8 Å². The van der Waals surface area contributed by atoms with Crippen molar-refractivity contribution in [3.05, 3.63) is 60.0 Å². The second-order valence-electron chi connectivity index (χ2n) is 6.59. The Labute approximate surface area is 170 Å². The number of hydrogen-bond acceptors (Lipinski definition) is 5. The Morgan fingerprint density at radius 3 is 2.59 bits per heavy atom. The maximum absolute atomic E-state index is 12.3. The molecule has 0 saturated carbocycles. The van der Waals surface area contributed by atoms with E-state index in [1.807, 2.05) is 35.9 Å². The van der Waals surface area contributed by atoms with E-state index in [1.54, 1.807) is 0 Å². The molecule has 8 nitrogen and oxygen atoms in total. The summed E-state index contributed by atoms with van der Waals surface area (Å²) in [5.74, 6) is 0.454. The van der Waals surface area contributed by atoms with Crippen LogP contribution in [0.5, 0.6) is 5.75 Å². The van der Waals surface area contributed by atoms with Gasteiger partial charge in [0, 0.05) is 45.0 Å². The monoisotopic (exact) mass is 416 g/mol. The molecule has 154 valence electrons. The van der Waals surface area contributed by atoms with Gasteiger partial charge < -0.3 is 14.5 Å². The smallest absolute Gasteiger partial charge is 0.251 e. The topological polar surface area (TPSA) is 93.0 Å². The van der Waals surface area contributed by atoms with Gasteiger partial charge in [-0.15, -0.1) is 0 Å². The van der Waals surface area contributed by atoms with Crippen LogP contribution >= 0.6 is 0 Å². The van der Waals surface area contributed by atoms with Gasteiger partial charge in [-0.25, -0.2) is 17.7 Å². The molecule has 9 heteroatoms. The largest absolute Gasteiger partial charge is 0.490 e. The number of amides is 1. The van der Waals surface area contributed by atoms with Crippen LogP contribution in [0.3, 0.4) is 0 Å². The van der Waals surface area contributed by atoms with Crippen LogP contribution in [-0.4, -0.2) is 55.3 Å². The molecule has 3 aromatic rings. The molecule has 0 bridgehead atoms. The average Bonchev–Trinajstić information content (AvgIpc) is 3.12. The molecule has 0 aliphatic carbocycles. The number of benzene rings is 1. The van der Waals surface area contributed by atoms with Gasteiger partial charge in [0.05, 0.1) is 17.2 Å². The number of ether oxygens (including phenoxy) is 1. The predicted octanol–water partition coefficient (Wildman–Crippen LogP) is 1.96. The van der Waals surface area contributed by atoms with E-state index in [0.29, 0.717) is 25.1 Å². The summed E-state index contributed by atoms with van der Waals surface area (Å²) in [6.07, 6.45) is 4.37. The van der Waals surface area contributed by atoms with Crippen molar-refractivity contribution in [2.24, 2.45) is 0 Å². The average molecular weight is 417 g/mol. The lowest BCUT2D eigenvalue weighted by atomic mass is 10.2. The van der Waals surface area contributed by atoms with E-state index in [2.05, 4.69) is 10.3 Å². The minimum Gasteiger partial charge on any atom is -0.490 e. The summed E-state index contributed by atoms with van der Waals surface area (Å²) in [4.78, 5) is 17.0. The molecule has 0 aliphatic heterocycles. The summed E-state index contributed by atoms with van der Waals surface area (Å²) >= 11 is 0. The Hall–Kier alpha value is -2.91. The van der Waals surface area contributed by atoms with Crippen LogP contribution in [0.2, 0.25) is 0 Å². The molecule has 2 aromatic heterocycles. The first-order valence-corrected chi connectivity index (χ1v) is 10.7. The standard InChI is InChI=1S/C20H24N4O4S/c1-4-28-18-6-5-13-24-14-16(22-19(18)24)11-12-21-20(25)15-7-9-17(10-8-15)29(26,27)23(2)3/h5-10,13-14H,4,11-12H2,1-3H3,(H,21,25). The molecule has 0 aliphatic rings. The number of nitrogens with zero attached hydrogens (tertiary/aromatic N) is 3. The van der Waals surface area contributed by atoms with Gasteiger partial charge in [0.2, 0.25) is 10.0 Å². The van der Waals surface area contributed by atoms with Crippen molar-refractivity contribution in [2.45, 2.75) is 18.2 Å². The maximum atomic E-state index is 12.3. The molecule has 2 heterocycles. The zero-order valence-electron chi connectivity index (χ0n) is 16.6. The van der Waals surface area contributed by atoms with Gasteiger partial charge in [-0.3, -0.25) is 4.79 Å². The van der Waals surface area contributed by atoms with Gasteiger partial charge >= 0.3 is 0 Å². The predicted molar refractivity (Wildman–Crippen MR) is 110 cm³/mol. The molecular weight excluding hydrogens is 392 g/mol. The zero-order valence-corrected chi connectivity index (χ0v) is 17.4. The van der Waals surface area contributed by atoms with E-state index in [1.165, 1.54) is 38.4 Å². The lowest BCUT2D eigenvalue weighted by Crippen LogP contribution is -2.26. The first kappa shape index (κ1) is 20.8. The van der Waals surface area contributed by atoms with Crippen LogP contribution in [0, 0.1) is 0 Å². The number of hydrogen-bond donors (Lipinski definition) is 1. The minimum absolute atomic E-state index is 0.147. The van der Waals surface area contributed by atoms with Gasteiger partial charge in [0.1, 0.15) is 0 Å². The van der Waals surface area contributed by atoms with Gasteiger partial charge in [-0.05, 0) is 43.3 Å². The summed E-state index contributed by atoms with van der Waals surface area (Å²) < 4.78 is 32.8. The van der Waals surface area contributed by atoms with E-state index < -0.39 is 10.0 Å². The number of carbonyl (C=O) groups excluding carboxylic acids is 1. The fourth-order valence-electron chi connectivity index (χ4n) is 2.82. The molecular formula is C20H24N4O4S. The van der Waals surface area contributed by atoms with Gasteiger partial charge in [0.15, 0.2) is 11.4 Å². The summed E-state index contributed by atoms with van der Waals surface area (Å²) in [6.45, 7) is 2.89. The van der Waals surface area contributed by atoms with Crippen molar-refractivity contribution in [3.8, 4) is 5.75 Å². The van der Waals surface area contributed by atoms with Crippen molar-refractivity contribution in [1.29, 1.82) is 0 Å². The van der Waals surface area contributed by atoms with Crippen LogP contribution in [-0.2, 0) is 16.4 Å². The SMILES string of the molecule is CCOc1cccn2cc(CCNC(=O)c3ccc(S(=O)(=O)N(C)C)cc3)nc12. The summed E-state index contributed by atoms with van der Waals surface area (Å²) in [7, 11) is -0.582. The van der Waals surface area contributed by atoms with E-state index in [0.717, 1.165) is 21.4 Å². The van der Waals surface area contributed by atoms with E-state index >= 15 is 0 Å². The fourth-order valence-corrected chi connectivity index (χ4v) is 3.72. The molecule has 0 atom stereocenters.